The maximum absolute atomic E-state index is 5.88. The fourth-order valence-corrected chi connectivity index (χ4v) is 2.98. The Kier molecular flexibility index (Phi) is 3.35. The van der Waals surface area contributed by atoms with Crippen molar-refractivity contribution in [3.63, 3.8) is 0 Å². The van der Waals surface area contributed by atoms with Crippen LogP contribution in [0.15, 0.2) is 18.6 Å². The highest BCUT2D eigenvalue weighted by Gasteiger charge is 2.16. The molecule has 2 aromatic heterocycles. The van der Waals surface area contributed by atoms with Crippen LogP contribution in [-0.4, -0.2) is 22.4 Å². The van der Waals surface area contributed by atoms with Gasteiger partial charge < -0.3 is 0 Å². The predicted octanol–water partition coefficient (Wildman–Crippen LogP) is 2.35. The molecule has 0 atom stereocenters. The summed E-state index contributed by atoms with van der Waals surface area (Å²) in [6, 6.07) is 2.17. The third-order valence-corrected chi connectivity index (χ3v) is 4.03. The molecule has 0 aliphatic heterocycles. The first-order valence-corrected chi connectivity index (χ1v) is 6.93. The number of aromatic nitrogens is 3. The summed E-state index contributed by atoms with van der Waals surface area (Å²) in [6.45, 7) is 0. The van der Waals surface area contributed by atoms with Gasteiger partial charge in [0.05, 0.1) is 5.52 Å². The molecule has 0 N–H and O–H groups in total. The zero-order chi connectivity index (χ0) is 12.4. The molecular formula is C14H18BN3. The van der Waals surface area contributed by atoms with Gasteiger partial charge >= 0.3 is 0 Å². The molecule has 2 aromatic rings. The van der Waals surface area contributed by atoms with Crippen molar-refractivity contribution in [1.29, 1.82) is 0 Å². The van der Waals surface area contributed by atoms with Crippen LogP contribution in [0.2, 0.25) is 0 Å². The predicted molar refractivity (Wildman–Crippen MR) is 73.4 cm³/mol. The van der Waals surface area contributed by atoms with Gasteiger partial charge in [0.1, 0.15) is 14.2 Å². The molecule has 18 heavy (non-hydrogen) atoms. The maximum Gasteiger partial charge on any atom is 0.144 e. The first-order valence-electron chi connectivity index (χ1n) is 6.93. The lowest BCUT2D eigenvalue weighted by Crippen LogP contribution is -2.12. The van der Waals surface area contributed by atoms with Gasteiger partial charge in [-0.25, -0.2) is 9.50 Å². The molecule has 0 unspecified atom stereocenters. The van der Waals surface area contributed by atoms with Crippen LogP contribution in [0, 0.1) is 0 Å². The fraction of sp³-hybridized carbons (Fsp3) is 0.571. The van der Waals surface area contributed by atoms with Gasteiger partial charge in [-0.1, -0.05) is 32.1 Å². The monoisotopic (exact) mass is 239 g/mol. The van der Waals surface area contributed by atoms with E-state index < -0.39 is 0 Å². The topological polar surface area (TPSA) is 30.2 Å². The molecule has 3 nitrogen and oxygen atoms in total. The second kappa shape index (κ2) is 5.13. The zero-order valence-electron chi connectivity index (χ0n) is 10.7. The summed E-state index contributed by atoms with van der Waals surface area (Å²) in [7, 11) is 5.88. The molecule has 1 aliphatic carbocycles. The summed E-state index contributed by atoms with van der Waals surface area (Å²) in [4.78, 5) is 4.05. The minimum absolute atomic E-state index is 0.571. The van der Waals surface area contributed by atoms with Gasteiger partial charge in [0.25, 0.3) is 0 Å². The highest BCUT2D eigenvalue weighted by molar-refractivity contribution is 6.34. The quantitative estimate of drug-likeness (QED) is 0.715. The highest BCUT2D eigenvalue weighted by atomic mass is 15.2. The highest BCUT2D eigenvalue weighted by Crippen LogP contribution is 2.31. The summed E-state index contributed by atoms with van der Waals surface area (Å²) in [5.74, 6) is 0.673. The summed E-state index contributed by atoms with van der Waals surface area (Å²) in [5.41, 5.74) is 2.89. The van der Waals surface area contributed by atoms with Gasteiger partial charge in [-0.3, -0.25) is 0 Å². The lowest BCUT2D eigenvalue weighted by atomic mass is 9.87. The third kappa shape index (κ3) is 2.29. The molecule has 1 aliphatic rings. The van der Waals surface area contributed by atoms with E-state index in [-0.39, 0.29) is 0 Å². The zero-order valence-corrected chi connectivity index (χ0v) is 10.7. The number of rotatable bonds is 1. The average Bonchev–Trinajstić information content (AvgIpc) is 2.73. The summed E-state index contributed by atoms with van der Waals surface area (Å²) < 4.78 is 1.86. The largest absolute Gasteiger partial charge is 0.249 e. The van der Waals surface area contributed by atoms with Crippen molar-refractivity contribution in [3.05, 3.63) is 24.2 Å². The van der Waals surface area contributed by atoms with Crippen LogP contribution >= 0.6 is 0 Å². The lowest BCUT2D eigenvalue weighted by molar-refractivity contribution is 0.455. The fourth-order valence-electron chi connectivity index (χ4n) is 2.98. The Balaban J connectivity index is 1.90. The SMILES string of the molecule is [B]c1ncnn2cc(C3CCCCCCC3)cc12. The smallest absolute Gasteiger partial charge is 0.144 e. The molecule has 2 radical (unpaired) electrons. The molecule has 4 heteroatoms. The summed E-state index contributed by atoms with van der Waals surface area (Å²) in [5, 5.41) is 4.23. The Morgan fingerprint density at radius 2 is 1.83 bits per heavy atom. The van der Waals surface area contributed by atoms with E-state index >= 15 is 0 Å². The third-order valence-electron chi connectivity index (χ3n) is 4.03. The van der Waals surface area contributed by atoms with Crippen LogP contribution in [-0.2, 0) is 0 Å². The average molecular weight is 239 g/mol. The summed E-state index contributed by atoms with van der Waals surface area (Å²) >= 11 is 0. The number of hydrogen-bond acceptors (Lipinski definition) is 2. The number of hydrogen-bond donors (Lipinski definition) is 0. The minimum Gasteiger partial charge on any atom is -0.249 e. The Labute approximate surface area is 109 Å². The van der Waals surface area contributed by atoms with E-state index in [0.717, 1.165) is 5.52 Å². The molecule has 2 heterocycles. The molecule has 0 aromatic carbocycles. The Hall–Kier alpha value is -1.32. The molecular weight excluding hydrogens is 221 g/mol. The van der Waals surface area contributed by atoms with E-state index in [1.54, 1.807) is 0 Å². The van der Waals surface area contributed by atoms with Gasteiger partial charge in [-0.15, -0.1) is 0 Å². The standard InChI is InChI=1S/C14H18BN3/c15-14-13-8-12(9-18(13)17-10-16-14)11-6-4-2-1-3-5-7-11/h8-11H,1-7H2. The van der Waals surface area contributed by atoms with Gasteiger partial charge in [0, 0.05) is 11.8 Å². The van der Waals surface area contributed by atoms with E-state index in [9.17, 15) is 0 Å². The van der Waals surface area contributed by atoms with Crippen molar-refractivity contribution in [2.75, 3.05) is 0 Å². The van der Waals surface area contributed by atoms with Crippen molar-refractivity contribution >= 4 is 19.0 Å². The van der Waals surface area contributed by atoms with Crippen LogP contribution in [0.5, 0.6) is 0 Å². The van der Waals surface area contributed by atoms with Gasteiger partial charge in [0.15, 0.2) is 0 Å². The Bertz CT molecular complexity index is 527. The second-order valence-corrected chi connectivity index (χ2v) is 5.29. The maximum atomic E-state index is 5.88. The molecule has 0 saturated heterocycles. The number of nitrogens with zero attached hydrogens (tertiary/aromatic N) is 3. The van der Waals surface area contributed by atoms with Crippen LogP contribution in [0.4, 0.5) is 0 Å². The van der Waals surface area contributed by atoms with E-state index in [0.29, 0.717) is 11.5 Å². The van der Waals surface area contributed by atoms with Crippen LogP contribution in [0.1, 0.15) is 56.4 Å². The Morgan fingerprint density at radius 1 is 1.11 bits per heavy atom. The Morgan fingerprint density at radius 3 is 2.56 bits per heavy atom. The van der Waals surface area contributed by atoms with Crippen molar-refractivity contribution in [2.45, 2.75) is 50.9 Å². The van der Waals surface area contributed by atoms with Gasteiger partial charge in [0.2, 0.25) is 0 Å². The molecule has 1 saturated carbocycles. The van der Waals surface area contributed by atoms with E-state index in [4.69, 9.17) is 7.85 Å². The normalized spacial score (nSPS) is 18.7. The van der Waals surface area contributed by atoms with Crippen LogP contribution in [0.3, 0.4) is 0 Å². The van der Waals surface area contributed by atoms with Crippen molar-refractivity contribution < 1.29 is 0 Å². The van der Waals surface area contributed by atoms with Gasteiger partial charge in [-0.2, -0.15) is 5.10 Å². The van der Waals surface area contributed by atoms with E-state index in [2.05, 4.69) is 22.3 Å². The van der Waals surface area contributed by atoms with Crippen LogP contribution in [0.25, 0.3) is 5.52 Å². The molecule has 3 rings (SSSR count). The lowest BCUT2D eigenvalue weighted by Gasteiger charge is -2.18. The summed E-state index contributed by atoms with van der Waals surface area (Å²) in [6.07, 6.45) is 13.1. The van der Waals surface area contributed by atoms with E-state index in [1.165, 1.54) is 56.8 Å². The molecule has 0 spiro atoms. The first-order chi connectivity index (χ1) is 8.84. The molecule has 0 amide bonds. The van der Waals surface area contributed by atoms with Gasteiger partial charge in [-0.05, 0) is 30.4 Å². The number of fused-ring (bicyclic) bond motifs is 1. The molecule has 0 bridgehead atoms. The molecule has 92 valence electrons. The minimum atomic E-state index is 0.571. The first kappa shape index (κ1) is 11.8. The van der Waals surface area contributed by atoms with Crippen LogP contribution < -0.4 is 5.59 Å². The van der Waals surface area contributed by atoms with Crippen molar-refractivity contribution in [2.24, 2.45) is 0 Å². The van der Waals surface area contributed by atoms with Crippen molar-refractivity contribution in [3.8, 4) is 0 Å². The van der Waals surface area contributed by atoms with Crippen molar-refractivity contribution in [1.82, 2.24) is 14.6 Å². The second-order valence-electron chi connectivity index (χ2n) is 5.29. The van der Waals surface area contributed by atoms with E-state index in [1.807, 2.05) is 4.52 Å². The molecule has 1 fully saturated rings.